The van der Waals surface area contributed by atoms with Crippen molar-refractivity contribution < 1.29 is 4.79 Å². The molecule has 0 unspecified atom stereocenters. The van der Waals surface area contributed by atoms with Crippen LogP contribution in [-0.4, -0.2) is 15.3 Å². The molecule has 0 aliphatic carbocycles. The standard InChI is InChI=1S/C25H17ClN2O/c1-28-22-13-12-18(26)14-20(22)23-19(16-8-4-2-5-9-16)15-21(27-25(23)28)24(29)17-10-6-3-7-11-17/h2-15H,1H3. The van der Waals surface area contributed by atoms with Crippen molar-refractivity contribution in [2.45, 2.75) is 0 Å². The van der Waals surface area contributed by atoms with Crippen LogP contribution in [0.4, 0.5) is 0 Å². The number of fused-ring (bicyclic) bond motifs is 3. The second-order valence-electron chi connectivity index (χ2n) is 7.04. The first-order valence-electron chi connectivity index (χ1n) is 9.37. The zero-order chi connectivity index (χ0) is 20.0. The number of hydrogen-bond donors (Lipinski definition) is 0. The Morgan fingerprint density at radius 1 is 0.897 bits per heavy atom. The van der Waals surface area contributed by atoms with Gasteiger partial charge in [0.15, 0.2) is 0 Å². The van der Waals surface area contributed by atoms with Gasteiger partial charge in [-0.3, -0.25) is 4.79 Å². The lowest BCUT2D eigenvalue weighted by molar-refractivity contribution is 0.103. The van der Waals surface area contributed by atoms with Crippen LogP contribution in [0.3, 0.4) is 0 Å². The van der Waals surface area contributed by atoms with Gasteiger partial charge in [0, 0.05) is 28.4 Å². The lowest BCUT2D eigenvalue weighted by Gasteiger charge is -2.09. The van der Waals surface area contributed by atoms with Gasteiger partial charge in [0.05, 0.1) is 5.52 Å². The molecule has 3 nitrogen and oxygen atoms in total. The second kappa shape index (κ2) is 6.87. The number of rotatable bonds is 3. The number of carbonyl (C=O) groups is 1. The summed E-state index contributed by atoms with van der Waals surface area (Å²) in [7, 11) is 1.97. The lowest BCUT2D eigenvalue weighted by Crippen LogP contribution is -2.05. The Kier molecular flexibility index (Phi) is 4.18. The minimum absolute atomic E-state index is 0.0898. The number of ketones is 1. The summed E-state index contributed by atoms with van der Waals surface area (Å²) >= 11 is 6.30. The molecule has 3 aromatic carbocycles. The Hall–Kier alpha value is -3.43. The molecule has 2 aromatic heterocycles. The van der Waals surface area contributed by atoms with Gasteiger partial charge in [-0.1, -0.05) is 72.3 Å². The molecule has 0 fully saturated rings. The molecular formula is C25H17ClN2O. The minimum atomic E-state index is -0.0898. The van der Waals surface area contributed by atoms with Gasteiger partial charge in [0.25, 0.3) is 0 Å². The maximum atomic E-state index is 13.2. The number of halogens is 1. The smallest absolute Gasteiger partial charge is 0.211 e. The minimum Gasteiger partial charge on any atom is -0.328 e. The van der Waals surface area contributed by atoms with Crippen LogP contribution in [0.25, 0.3) is 33.1 Å². The average molecular weight is 397 g/mol. The zero-order valence-corrected chi connectivity index (χ0v) is 16.5. The van der Waals surface area contributed by atoms with Crippen LogP contribution in [0.5, 0.6) is 0 Å². The van der Waals surface area contributed by atoms with Gasteiger partial charge in [-0.15, -0.1) is 0 Å². The molecule has 0 bridgehead atoms. The van der Waals surface area contributed by atoms with Crippen LogP contribution in [0.2, 0.25) is 5.02 Å². The van der Waals surface area contributed by atoms with Gasteiger partial charge in [-0.05, 0) is 35.4 Å². The monoisotopic (exact) mass is 396 g/mol. The molecule has 5 aromatic rings. The molecule has 5 rings (SSSR count). The van der Waals surface area contributed by atoms with Crippen molar-refractivity contribution in [2.75, 3.05) is 0 Å². The van der Waals surface area contributed by atoms with Crippen molar-refractivity contribution in [1.82, 2.24) is 9.55 Å². The van der Waals surface area contributed by atoms with E-state index in [4.69, 9.17) is 16.6 Å². The van der Waals surface area contributed by atoms with Gasteiger partial charge in [-0.2, -0.15) is 0 Å². The number of pyridine rings is 1. The maximum Gasteiger partial charge on any atom is 0.211 e. The molecule has 0 saturated heterocycles. The number of hydrogen-bond acceptors (Lipinski definition) is 2. The Balaban J connectivity index is 1.88. The number of carbonyl (C=O) groups excluding carboxylic acids is 1. The number of aryl methyl sites for hydroxylation is 1. The first-order valence-corrected chi connectivity index (χ1v) is 9.75. The summed E-state index contributed by atoms with van der Waals surface area (Å²) in [4.78, 5) is 17.9. The molecule has 0 spiro atoms. The van der Waals surface area contributed by atoms with Crippen LogP contribution in [-0.2, 0) is 7.05 Å². The van der Waals surface area contributed by atoms with E-state index in [-0.39, 0.29) is 5.78 Å². The summed E-state index contributed by atoms with van der Waals surface area (Å²) in [5.41, 5.74) is 4.86. The maximum absolute atomic E-state index is 13.2. The third kappa shape index (κ3) is 2.91. The zero-order valence-electron chi connectivity index (χ0n) is 15.8. The van der Waals surface area contributed by atoms with Crippen molar-refractivity contribution in [2.24, 2.45) is 7.05 Å². The van der Waals surface area contributed by atoms with Gasteiger partial charge in [-0.25, -0.2) is 4.98 Å². The van der Waals surface area contributed by atoms with E-state index >= 15 is 0 Å². The van der Waals surface area contributed by atoms with Gasteiger partial charge >= 0.3 is 0 Å². The molecule has 0 aliphatic heterocycles. The van der Waals surface area contributed by atoms with Crippen LogP contribution in [0, 0.1) is 0 Å². The Morgan fingerprint density at radius 2 is 1.59 bits per heavy atom. The van der Waals surface area contributed by atoms with Crippen molar-refractivity contribution in [3.63, 3.8) is 0 Å². The highest BCUT2D eigenvalue weighted by Crippen LogP contribution is 2.37. The van der Waals surface area contributed by atoms with E-state index in [2.05, 4.69) is 12.1 Å². The van der Waals surface area contributed by atoms with E-state index in [0.29, 0.717) is 16.3 Å². The number of benzene rings is 3. The molecule has 140 valence electrons. The fourth-order valence-corrected chi connectivity index (χ4v) is 4.03. The number of nitrogens with zero attached hydrogens (tertiary/aromatic N) is 2. The Bertz CT molecular complexity index is 1370. The van der Waals surface area contributed by atoms with E-state index < -0.39 is 0 Å². The highest BCUT2D eigenvalue weighted by Gasteiger charge is 2.20. The fraction of sp³-hybridized carbons (Fsp3) is 0.0400. The van der Waals surface area contributed by atoms with E-state index in [1.807, 2.05) is 84.4 Å². The van der Waals surface area contributed by atoms with Crippen LogP contribution < -0.4 is 0 Å². The van der Waals surface area contributed by atoms with Crippen LogP contribution in [0.1, 0.15) is 16.1 Å². The summed E-state index contributed by atoms with van der Waals surface area (Å²) in [6, 6.07) is 27.1. The van der Waals surface area contributed by atoms with E-state index in [1.165, 1.54) is 0 Å². The van der Waals surface area contributed by atoms with E-state index in [1.54, 1.807) is 0 Å². The summed E-state index contributed by atoms with van der Waals surface area (Å²) in [6.07, 6.45) is 0. The lowest BCUT2D eigenvalue weighted by atomic mass is 9.98. The number of aromatic nitrogens is 2. The summed E-state index contributed by atoms with van der Waals surface area (Å²) in [5, 5.41) is 2.70. The third-order valence-corrected chi connectivity index (χ3v) is 5.50. The van der Waals surface area contributed by atoms with Gasteiger partial charge in [0.2, 0.25) is 5.78 Å². The van der Waals surface area contributed by atoms with Crippen LogP contribution >= 0.6 is 11.6 Å². The third-order valence-electron chi connectivity index (χ3n) is 5.26. The molecule has 0 radical (unpaired) electrons. The van der Waals surface area contributed by atoms with E-state index in [0.717, 1.165) is 33.1 Å². The van der Waals surface area contributed by atoms with Crippen molar-refractivity contribution >= 4 is 39.3 Å². The molecule has 29 heavy (non-hydrogen) atoms. The predicted molar refractivity (Wildman–Crippen MR) is 119 cm³/mol. The Morgan fingerprint density at radius 3 is 2.31 bits per heavy atom. The SMILES string of the molecule is Cn1c2ccc(Cl)cc2c2c(-c3ccccc3)cc(C(=O)c3ccccc3)nc21. The van der Waals surface area contributed by atoms with Gasteiger partial charge in [0.1, 0.15) is 11.3 Å². The normalized spacial score (nSPS) is 11.2. The average Bonchev–Trinajstić information content (AvgIpc) is 3.05. The topological polar surface area (TPSA) is 34.9 Å². The van der Waals surface area contributed by atoms with Crippen LogP contribution in [0.15, 0.2) is 84.9 Å². The molecule has 2 heterocycles. The highest BCUT2D eigenvalue weighted by molar-refractivity contribution is 6.32. The molecule has 4 heteroatoms. The molecule has 0 N–H and O–H groups in total. The molecule has 0 amide bonds. The summed E-state index contributed by atoms with van der Waals surface area (Å²) in [5.74, 6) is -0.0898. The van der Waals surface area contributed by atoms with Gasteiger partial charge < -0.3 is 4.57 Å². The van der Waals surface area contributed by atoms with E-state index in [9.17, 15) is 4.79 Å². The first kappa shape index (κ1) is 17.7. The second-order valence-corrected chi connectivity index (χ2v) is 7.47. The predicted octanol–water partition coefficient (Wildman–Crippen LogP) is 6.28. The Labute approximate surface area is 173 Å². The molecule has 0 atom stereocenters. The molecule has 0 saturated carbocycles. The van der Waals surface area contributed by atoms with Crippen molar-refractivity contribution in [1.29, 1.82) is 0 Å². The summed E-state index contributed by atoms with van der Waals surface area (Å²) < 4.78 is 2.02. The molecule has 0 aliphatic rings. The first-order chi connectivity index (χ1) is 14.1. The van der Waals surface area contributed by atoms with Crippen molar-refractivity contribution in [3.8, 4) is 11.1 Å². The fourth-order valence-electron chi connectivity index (χ4n) is 3.85. The quantitative estimate of drug-likeness (QED) is 0.336. The summed E-state index contributed by atoms with van der Waals surface area (Å²) in [6.45, 7) is 0. The highest BCUT2D eigenvalue weighted by atomic mass is 35.5. The largest absolute Gasteiger partial charge is 0.328 e. The molecular weight excluding hydrogens is 380 g/mol. The van der Waals surface area contributed by atoms with Crippen molar-refractivity contribution in [3.05, 3.63) is 101 Å².